The lowest BCUT2D eigenvalue weighted by molar-refractivity contribution is -0.123. The Balaban J connectivity index is 1.18. The molecule has 8 heteroatoms. The van der Waals surface area contributed by atoms with Gasteiger partial charge in [-0.2, -0.15) is 0 Å². The highest BCUT2D eigenvalue weighted by atomic mass is 16.5. The SMILES string of the molecule is O=C(COc1cccc(C(=O)N2CCOCC2)c1)NCC(O)CN1CCc2ccccc2C1. The summed E-state index contributed by atoms with van der Waals surface area (Å²) in [6, 6.07) is 15.2. The summed E-state index contributed by atoms with van der Waals surface area (Å²) in [4.78, 5) is 28.7. The van der Waals surface area contributed by atoms with Crippen molar-refractivity contribution in [1.82, 2.24) is 15.1 Å². The van der Waals surface area contributed by atoms with Crippen molar-refractivity contribution in [1.29, 1.82) is 0 Å². The minimum Gasteiger partial charge on any atom is -0.484 e. The fourth-order valence-corrected chi connectivity index (χ4v) is 4.17. The van der Waals surface area contributed by atoms with Gasteiger partial charge >= 0.3 is 0 Å². The second-order valence-corrected chi connectivity index (χ2v) is 8.43. The molecule has 2 aromatic rings. The van der Waals surface area contributed by atoms with Crippen LogP contribution in [0.5, 0.6) is 5.75 Å². The molecule has 176 valence electrons. The molecule has 1 saturated heterocycles. The number of benzene rings is 2. The summed E-state index contributed by atoms with van der Waals surface area (Å²) in [6.45, 7) is 4.40. The van der Waals surface area contributed by atoms with Crippen LogP contribution in [0, 0.1) is 0 Å². The molecule has 0 aromatic heterocycles. The third-order valence-corrected chi connectivity index (χ3v) is 5.96. The number of aliphatic hydroxyl groups is 1. The Labute approximate surface area is 194 Å². The fourth-order valence-electron chi connectivity index (χ4n) is 4.17. The van der Waals surface area contributed by atoms with E-state index in [9.17, 15) is 14.7 Å². The van der Waals surface area contributed by atoms with Gasteiger partial charge in [-0.3, -0.25) is 14.5 Å². The monoisotopic (exact) mass is 453 g/mol. The molecule has 2 N–H and O–H groups in total. The van der Waals surface area contributed by atoms with Crippen LogP contribution in [0.15, 0.2) is 48.5 Å². The molecule has 0 radical (unpaired) electrons. The van der Waals surface area contributed by atoms with E-state index in [4.69, 9.17) is 9.47 Å². The van der Waals surface area contributed by atoms with Crippen molar-refractivity contribution < 1.29 is 24.2 Å². The number of fused-ring (bicyclic) bond motifs is 1. The van der Waals surface area contributed by atoms with Crippen molar-refractivity contribution in [3.05, 3.63) is 65.2 Å². The zero-order valence-corrected chi connectivity index (χ0v) is 18.7. The lowest BCUT2D eigenvalue weighted by atomic mass is 10.00. The minimum atomic E-state index is -0.659. The van der Waals surface area contributed by atoms with E-state index in [-0.39, 0.29) is 25.0 Å². The molecule has 1 unspecified atom stereocenters. The van der Waals surface area contributed by atoms with Crippen LogP contribution in [0.4, 0.5) is 0 Å². The molecule has 2 amide bonds. The Hall–Kier alpha value is -2.94. The van der Waals surface area contributed by atoms with Crippen LogP contribution in [-0.4, -0.2) is 85.4 Å². The third kappa shape index (κ3) is 6.54. The van der Waals surface area contributed by atoms with Gasteiger partial charge < -0.3 is 24.8 Å². The van der Waals surface area contributed by atoms with Gasteiger partial charge in [0.05, 0.1) is 19.3 Å². The molecule has 1 atom stereocenters. The molecule has 0 saturated carbocycles. The van der Waals surface area contributed by atoms with E-state index in [0.29, 0.717) is 44.2 Å². The highest BCUT2D eigenvalue weighted by Gasteiger charge is 2.20. The number of carbonyl (C=O) groups is 2. The second kappa shape index (κ2) is 11.3. The Morgan fingerprint density at radius 1 is 1.06 bits per heavy atom. The molecule has 1 fully saturated rings. The molecule has 2 aliphatic rings. The Morgan fingerprint density at radius 3 is 2.67 bits per heavy atom. The topological polar surface area (TPSA) is 91.3 Å². The number of nitrogens with zero attached hydrogens (tertiary/aromatic N) is 2. The maximum atomic E-state index is 12.6. The van der Waals surface area contributed by atoms with Crippen LogP contribution >= 0.6 is 0 Å². The van der Waals surface area contributed by atoms with Gasteiger partial charge in [0.2, 0.25) is 0 Å². The largest absolute Gasteiger partial charge is 0.484 e. The quantitative estimate of drug-likeness (QED) is 0.622. The Bertz CT molecular complexity index is 961. The minimum absolute atomic E-state index is 0.0725. The van der Waals surface area contributed by atoms with Gasteiger partial charge in [0.1, 0.15) is 5.75 Å². The third-order valence-electron chi connectivity index (χ3n) is 5.96. The van der Waals surface area contributed by atoms with Crippen LogP contribution in [0.2, 0.25) is 0 Å². The predicted octanol–water partition coefficient (Wildman–Crippen LogP) is 1.07. The van der Waals surface area contributed by atoms with Crippen LogP contribution in [0.25, 0.3) is 0 Å². The first-order valence-electron chi connectivity index (χ1n) is 11.4. The highest BCUT2D eigenvalue weighted by molar-refractivity contribution is 5.94. The van der Waals surface area contributed by atoms with Crippen molar-refractivity contribution in [2.75, 3.05) is 52.5 Å². The number of morpholine rings is 1. The van der Waals surface area contributed by atoms with Crippen LogP contribution in [0.3, 0.4) is 0 Å². The van der Waals surface area contributed by atoms with Gasteiger partial charge in [-0.1, -0.05) is 30.3 Å². The number of carbonyl (C=O) groups excluding carboxylic acids is 2. The zero-order valence-electron chi connectivity index (χ0n) is 18.7. The molecule has 2 heterocycles. The van der Waals surface area contributed by atoms with Crippen molar-refractivity contribution in [3.8, 4) is 5.75 Å². The summed E-state index contributed by atoms with van der Waals surface area (Å²) < 4.78 is 10.9. The number of aliphatic hydroxyl groups excluding tert-OH is 1. The van der Waals surface area contributed by atoms with Gasteiger partial charge in [-0.15, -0.1) is 0 Å². The molecule has 0 bridgehead atoms. The van der Waals surface area contributed by atoms with E-state index in [0.717, 1.165) is 19.5 Å². The molecule has 2 aromatic carbocycles. The first kappa shape index (κ1) is 23.2. The van der Waals surface area contributed by atoms with E-state index in [1.54, 1.807) is 29.2 Å². The summed E-state index contributed by atoms with van der Waals surface area (Å²) in [5.74, 6) is 0.0661. The Morgan fingerprint density at radius 2 is 1.85 bits per heavy atom. The number of hydrogen-bond acceptors (Lipinski definition) is 6. The van der Waals surface area contributed by atoms with Crippen molar-refractivity contribution in [2.24, 2.45) is 0 Å². The molecule has 2 aliphatic heterocycles. The number of nitrogens with one attached hydrogen (secondary N) is 1. The predicted molar refractivity (Wildman–Crippen MR) is 123 cm³/mol. The first-order valence-corrected chi connectivity index (χ1v) is 11.4. The number of amides is 2. The average Bonchev–Trinajstić information content (AvgIpc) is 2.86. The van der Waals surface area contributed by atoms with E-state index < -0.39 is 6.10 Å². The van der Waals surface area contributed by atoms with Gasteiger partial charge in [-0.05, 0) is 35.7 Å². The van der Waals surface area contributed by atoms with Gasteiger partial charge in [0, 0.05) is 44.8 Å². The van der Waals surface area contributed by atoms with Crippen molar-refractivity contribution in [3.63, 3.8) is 0 Å². The lowest BCUT2D eigenvalue weighted by Crippen LogP contribution is -2.42. The zero-order chi connectivity index (χ0) is 23.0. The van der Waals surface area contributed by atoms with Gasteiger partial charge in [0.25, 0.3) is 11.8 Å². The summed E-state index contributed by atoms with van der Waals surface area (Å²) in [5.41, 5.74) is 3.18. The Kier molecular flexibility index (Phi) is 7.93. The fraction of sp³-hybridized carbons (Fsp3) is 0.440. The average molecular weight is 454 g/mol. The van der Waals surface area contributed by atoms with Gasteiger partial charge in [0.15, 0.2) is 6.61 Å². The van der Waals surface area contributed by atoms with E-state index in [2.05, 4.69) is 28.4 Å². The molecule has 0 aliphatic carbocycles. The summed E-state index contributed by atoms with van der Waals surface area (Å²) in [5, 5.41) is 13.1. The normalized spacial score (nSPS) is 17.2. The number of hydrogen-bond donors (Lipinski definition) is 2. The maximum absolute atomic E-state index is 12.6. The summed E-state index contributed by atoms with van der Waals surface area (Å²) in [6.07, 6.45) is 0.310. The van der Waals surface area contributed by atoms with Gasteiger partial charge in [-0.25, -0.2) is 0 Å². The van der Waals surface area contributed by atoms with Crippen molar-refractivity contribution in [2.45, 2.75) is 19.1 Å². The number of β-amino-alcohol motifs (C(OH)–C–C–N with tert-alkyl or cyclic N) is 1. The maximum Gasteiger partial charge on any atom is 0.258 e. The van der Waals surface area contributed by atoms with Crippen LogP contribution in [0.1, 0.15) is 21.5 Å². The van der Waals surface area contributed by atoms with Crippen LogP contribution in [-0.2, 0) is 22.5 Å². The summed E-state index contributed by atoms with van der Waals surface area (Å²) in [7, 11) is 0. The van der Waals surface area contributed by atoms with E-state index in [1.165, 1.54) is 11.1 Å². The second-order valence-electron chi connectivity index (χ2n) is 8.43. The first-order chi connectivity index (χ1) is 16.1. The smallest absolute Gasteiger partial charge is 0.258 e. The molecular weight excluding hydrogens is 422 g/mol. The molecule has 4 rings (SSSR count). The number of ether oxygens (including phenoxy) is 2. The molecule has 0 spiro atoms. The molecule has 33 heavy (non-hydrogen) atoms. The van der Waals surface area contributed by atoms with E-state index >= 15 is 0 Å². The highest BCUT2D eigenvalue weighted by Crippen LogP contribution is 2.18. The molecular formula is C25H31N3O5. The van der Waals surface area contributed by atoms with Crippen LogP contribution < -0.4 is 10.1 Å². The molecule has 8 nitrogen and oxygen atoms in total. The number of rotatable bonds is 8. The summed E-state index contributed by atoms with van der Waals surface area (Å²) >= 11 is 0. The lowest BCUT2D eigenvalue weighted by Gasteiger charge is -2.30. The van der Waals surface area contributed by atoms with Crippen molar-refractivity contribution >= 4 is 11.8 Å². The standard InChI is InChI=1S/C25H31N3O5/c29-22(17-27-9-8-19-4-1-2-5-21(19)16-27)15-26-24(30)18-33-23-7-3-6-20(14-23)25(31)28-10-12-32-13-11-28/h1-7,14,22,29H,8-13,15-18H2,(H,26,30). The van der Waals surface area contributed by atoms with E-state index in [1.807, 2.05) is 6.07 Å².